The summed E-state index contributed by atoms with van der Waals surface area (Å²) in [7, 11) is 0. The van der Waals surface area contributed by atoms with Crippen molar-refractivity contribution in [1.29, 1.82) is 0 Å². The van der Waals surface area contributed by atoms with Crippen LogP contribution < -0.4 is 0 Å². The van der Waals surface area contributed by atoms with Gasteiger partial charge >= 0.3 is 0 Å². The maximum absolute atomic E-state index is 8.89. The Morgan fingerprint density at radius 2 is 2.12 bits per heavy atom. The van der Waals surface area contributed by atoms with E-state index in [2.05, 4.69) is 26.2 Å². The molecule has 3 aromatic heterocycles. The van der Waals surface area contributed by atoms with Gasteiger partial charge in [0.05, 0.1) is 22.9 Å². The van der Waals surface area contributed by atoms with E-state index in [0.717, 1.165) is 31.0 Å². The van der Waals surface area contributed by atoms with Gasteiger partial charge in [-0.3, -0.25) is 4.98 Å². The molecule has 0 fully saturated rings. The summed E-state index contributed by atoms with van der Waals surface area (Å²) >= 11 is 3.23. The van der Waals surface area contributed by atoms with Crippen LogP contribution in [0.2, 0.25) is 0 Å². The molecular formula is C17H12N4OS2. The van der Waals surface area contributed by atoms with Crippen molar-refractivity contribution in [2.24, 2.45) is 5.16 Å². The maximum Gasteiger partial charge on any atom is 0.154 e. The second kappa shape index (κ2) is 6.18. The largest absolute Gasteiger partial charge is 0.411 e. The molecule has 0 bridgehead atoms. The quantitative estimate of drug-likeness (QED) is 0.254. The lowest BCUT2D eigenvalue weighted by Crippen LogP contribution is -1.93. The van der Waals surface area contributed by atoms with Gasteiger partial charge in [-0.05, 0) is 19.1 Å². The van der Waals surface area contributed by atoms with E-state index in [1.165, 1.54) is 11.1 Å². The van der Waals surface area contributed by atoms with E-state index in [9.17, 15) is 0 Å². The van der Waals surface area contributed by atoms with E-state index in [1.807, 2.05) is 37.4 Å². The van der Waals surface area contributed by atoms with Crippen LogP contribution in [-0.4, -0.2) is 26.4 Å². The van der Waals surface area contributed by atoms with Gasteiger partial charge in [-0.1, -0.05) is 35.1 Å². The Labute approximate surface area is 146 Å². The summed E-state index contributed by atoms with van der Waals surface area (Å²) in [5.41, 5.74) is 2.21. The number of oxime groups is 1. The van der Waals surface area contributed by atoms with Crippen LogP contribution in [0.4, 0.5) is 0 Å². The van der Waals surface area contributed by atoms with Gasteiger partial charge in [0.2, 0.25) is 0 Å². The lowest BCUT2D eigenvalue weighted by molar-refractivity contribution is 0.321. The minimum atomic E-state index is 0.582. The van der Waals surface area contributed by atoms with Gasteiger partial charge in [0, 0.05) is 32.9 Å². The van der Waals surface area contributed by atoms with Gasteiger partial charge in [0.25, 0.3) is 0 Å². The summed E-state index contributed by atoms with van der Waals surface area (Å²) < 4.78 is 0.966. The second-order valence-electron chi connectivity index (χ2n) is 5.17. The third-order valence-corrected chi connectivity index (χ3v) is 5.57. The van der Waals surface area contributed by atoms with E-state index in [4.69, 9.17) is 5.21 Å². The van der Waals surface area contributed by atoms with Gasteiger partial charge in [0.1, 0.15) is 0 Å². The molecule has 3 heterocycles. The number of aromatic nitrogens is 3. The number of nitrogens with zero attached hydrogens (tertiary/aromatic N) is 4. The molecule has 0 radical (unpaired) electrons. The zero-order valence-electron chi connectivity index (χ0n) is 12.7. The van der Waals surface area contributed by atoms with E-state index >= 15 is 0 Å². The third-order valence-electron chi connectivity index (χ3n) is 3.52. The molecule has 24 heavy (non-hydrogen) atoms. The molecule has 1 aromatic carbocycles. The third kappa shape index (κ3) is 2.72. The SMILES string of the molecule is Cc1cnc(Sc2cc(C=NO)nc3c2ccc2cccnc23)s1. The maximum atomic E-state index is 8.89. The smallest absolute Gasteiger partial charge is 0.154 e. The normalized spacial score (nSPS) is 11.7. The first-order valence-electron chi connectivity index (χ1n) is 7.21. The molecule has 7 heteroatoms. The van der Waals surface area contributed by atoms with Gasteiger partial charge in [0.15, 0.2) is 4.34 Å². The van der Waals surface area contributed by atoms with Crippen molar-refractivity contribution >= 4 is 51.1 Å². The van der Waals surface area contributed by atoms with Crippen molar-refractivity contribution in [3.05, 3.63) is 53.3 Å². The van der Waals surface area contributed by atoms with E-state index in [0.29, 0.717) is 5.69 Å². The van der Waals surface area contributed by atoms with E-state index in [1.54, 1.807) is 29.3 Å². The molecule has 0 saturated carbocycles. The van der Waals surface area contributed by atoms with Gasteiger partial charge in [-0.2, -0.15) is 0 Å². The van der Waals surface area contributed by atoms with Crippen molar-refractivity contribution in [3.8, 4) is 0 Å². The Hall–Kier alpha value is -2.51. The van der Waals surface area contributed by atoms with Gasteiger partial charge in [-0.25, -0.2) is 9.97 Å². The second-order valence-corrected chi connectivity index (χ2v) is 7.69. The molecular weight excluding hydrogens is 340 g/mol. The molecule has 118 valence electrons. The van der Waals surface area contributed by atoms with Crippen molar-refractivity contribution in [3.63, 3.8) is 0 Å². The monoisotopic (exact) mass is 352 g/mol. The van der Waals surface area contributed by atoms with Crippen molar-refractivity contribution < 1.29 is 5.21 Å². The number of thiazole rings is 1. The first kappa shape index (κ1) is 15.0. The fraction of sp³-hybridized carbons (Fsp3) is 0.0588. The van der Waals surface area contributed by atoms with Crippen LogP contribution in [0.25, 0.3) is 21.8 Å². The molecule has 0 amide bonds. The van der Waals surface area contributed by atoms with Crippen molar-refractivity contribution in [1.82, 2.24) is 15.0 Å². The van der Waals surface area contributed by atoms with Crippen LogP contribution in [0.1, 0.15) is 10.6 Å². The van der Waals surface area contributed by atoms with Crippen molar-refractivity contribution in [2.45, 2.75) is 16.2 Å². The highest BCUT2D eigenvalue weighted by molar-refractivity contribution is 8.01. The number of hydrogen-bond donors (Lipinski definition) is 1. The summed E-state index contributed by atoms with van der Waals surface area (Å²) in [5.74, 6) is 0. The lowest BCUT2D eigenvalue weighted by atomic mass is 10.1. The van der Waals surface area contributed by atoms with Gasteiger partial charge < -0.3 is 5.21 Å². The fourth-order valence-electron chi connectivity index (χ4n) is 2.50. The van der Waals surface area contributed by atoms with E-state index < -0.39 is 0 Å². The Bertz CT molecular complexity index is 1070. The number of aryl methyl sites for hydroxylation is 1. The van der Waals surface area contributed by atoms with E-state index in [-0.39, 0.29) is 0 Å². The zero-order chi connectivity index (χ0) is 16.5. The van der Waals surface area contributed by atoms with Crippen LogP contribution in [0, 0.1) is 6.92 Å². The van der Waals surface area contributed by atoms with Crippen LogP contribution in [0.15, 0.2) is 57.1 Å². The van der Waals surface area contributed by atoms with Crippen LogP contribution in [0.3, 0.4) is 0 Å². The standard InChI is InChI=1S/C17H12N4OS2/c1-10-8-19-17(23-10)24-14-7-12(9-20-22)21-16-13(14)5-4-11-3-2-6-18-15(11)16/h2-9,22H,1H3. The first-order chi connectivity index (χ1) is 11.7. The predicted molar refractivity (Wildman–Crippen MR) is 97.4 cm³/mol. The summed E-state index contributed by atoms with van der Waals surface area (Å²) in [6.45, 7) is 2.04. The number of rotatable bonds is 3. The Morgan fingerprint density at radius 3 is 2.92 bits per heavy atom. The molecule has 0 unspecified atom stereocenters. The average molecular weight is 352 g/mol. The molecule has 0 saturated heterocycles. The number of pyridine rings is 2. The molecule has 4 aromatic rings. The molecule has 0 aliphatic rings. The highest BCUT2D eigenvalue weighted by Crippen LogP contribution is 2.37. The highest BCUT2D eigenvalue weighted by atomic mass is 32.2. The molecule has 0 atom stereocenters. The molecule has 4 rings (SSSR count). The highest BCUT2D eigenvalue weighted by Gasteiger charge is 2.12. The first-order valence-corrected chi connectivity index (χ1v) is 8.84. The molecule has 0 aliphatic carbocycles. The molecule has 0 aliphatic heterocycles. The topological polar surface area (TPSA) is 71.3 Å². The minimum Gasteiger partial charge on any atom is -0.411 e. The zero-order valence-corrected chi connectivity index (χ0v) is 14.3. The van der Waals surface area contributed by atoms with Crippen molar-refractivity contribution in [2.75, 3.05) is 0 Å². The molecule has 5 nitrogen and oxygen atoms in total. The Kier molecular flexibility index (Phi) is 3.87. The average Bonchev–Trinajstić information content (AvgIpc) is 3.00. The minimum absolute atomic E-state index is 0.582. The van der Waals surface area contributed by atoms with Crippen LogP contribution >= 0.6 is 23.1 Å². The lowest BCUT2D eigenvalue weighted by Gasteiger charge is -2.08. The number of fused-ring (bicyclic) bond motifs is 3. The predicted octanol–water partition coefficient (Wildman–Crippen LogP) is 4.51. The van der Waals surface area contributed by atoms with Crippen LogP contribution in [-0.2, 0) is 0 Å². The summed E-state index contributed by atoms with van der Waals surface area (Å²) in [5, 5.41) is 14.0. The van der Waals surface area contributed by atoms with Crippen LogP contribution in [0.5, 0.6) is 0 Å². The number of hydrogen-bond acceptors (Lipinski definition) is 7. The number of benzene rings is 1. The summed E-state index contributed by atoms with van der Waals surface area (Å²) in [4.78, 5) is 15.7. The molecule has 1 N–H and O–H groups in total. The Morgan fingerprint density at radius 1 is 1.21 bits per heavy atom. The summed E-state index contributed by atoms with van der Waals surface area (Å²) in [6.07, 6.45) is 4.95. The molecule has 0 spiro atoms. The van der Waals surface area contributed by atoms with Gasteiger partial charge in [-0.15, -0.1) is 11.3 Å². The Balaban J connectivity index is 1.98. The summed E-state index contributed by atoms with van der Waals surface area (Å²) in [6, 6.07) is 9.91. The fourth-order valence-corrected chi connectivity index (χ4v) is 4.56.